The van der Waals surface area contributed by atoms with Gasteiger partial charge in [-0.25, -0.2) is 9.78 Å². The van der Waals surface area contributed by atoms with Gasteiger partial charge in [-0.2, -0.15) is 0 Å². The summed E-state index contributed by atoms with van der Waals surface area (Å²) in [5.41, 5.74) is 2.51. The summed E-state index contributed by atoms with van der Waals surface area (Å²) < 4.78 is 0. The van der Waals surface area contributed by atoms with E-state index in [1.165, 1.54) is 11.1 Å². The van der Waals surface area contributed by atoms with Gasteiger partial charge in [-0.3, -0.25) is 5.32 Å². The van der Waals surface area contributed by atoms with Gasteiger partial charge < -0.3 is 10.0 Å². The monoisotopic (exact) mass is 311 g/mol. The smallest absolute Gasteiger partial charge is 0.323 e. The first kappa shape index (κ1) is 15.5. The molecule has 0 bridgehead atoms. The number of nitrogens with one attached hydrogen (secondary N) is 1. The van der Waals surface area contributed by atoms with Crippen LogP contribution in [0.15, 0.2) is 48.7 Å². The van der Waals surface area contributed by atoms with E-state index in [0.29, 0.717) is 18.8 Å². The number of hydrogen-bond acceptors (Lipinski definition) is 3. The minimum absolute atomic E-state index is 0.0569. The van der Waals surface area contributed by atoms with E-state index in [4.69, 9.17) is 5.11 Å². The van der Waals surface area contributed by atoms with Crippen LogP contribution in [0.1, 0.15) is 30.0 Å². The highest BCUT2D eigenvalue weighted by Crippen LogP contribution is 2.35. The number of aliphatic hydroxyl groups excluding tert-OH is 1. The Bertz CT molecular complexity index is 660. The first-order valence-corrected chi connectivity index (χ1v) is 7.97. The summed E-state index contributed by atoms with van der Waals surface area (Å²) in [7, 11) is 0. The molecule has 0 saturated carbocycles. The zero-order valence-electron chi connectivity index (χ0n) is 13.0. The molecule has 1 aliphatic carbocycles. The molecule has 1 aliphatic rings. The van der Waals surface area contributed by atoms with Gasteiger partial charge in [0, 0.05) is 19.3 Å². The number of benzene rings is 1. The van der Waals surface area contributed by atoms with Crippen molar-refractivity contribution in [3.63, 3.8) is 0 Å². The Morgan fingerprint density at radius 1 is 1.26 bits per heavy atom. The van der Waals surface area contributed by atoms with Crippen LogP contribution in [0.3, 0.4) is 0 Å². The molecule has 0 unspecified atom stereocenters. The maximum atomic E-state index is 12.7. The summed E-state index contributed by atoms with van der Waals surface area (Å²) in [4.78, 5) is 18.7. The van der Waals surface area contributed by atoms with Crippen LogP contribution in [-0.4, -0.2) is 34.2 Å². The highest BCUT2D eigenvalue weighted by atomic mass is 16.3. The van der Waals surface area contributed by atoms with E-state index in [1.807, 2.05) is 29.2 Å². The number of aliphatic hydroxyl groups is 1. The molecule has 0 spiro atoms. The van der Waals surface area contributed by atoms with Gasteiger partial charge in [-0.15, -0.1) is 0 Å². The first-order valence-electron chi connectivity index (χ1n) is 7.97. The fourth-order valence-electron chi connectivity index (χ4n) is 3.12. The van der Waals surface area contributed by atoms with Crippen molar-refractivity contribution in [2.75, 3.05) is 18.5 Å². The summed E-state index contributed by atoms with van der Waals surface area (Å²) in [6, 6.07) is 13.6. The van der Waals surface area contributed by atoms with Crippen molar-refractivity contribution in [2.45, 2.75) is 25.3 Å². The van der Waals surface area contributed by atoms with E-state index in [1.54, 1.807) is 12.3 Å². The number of aryl methyl sites for hydroxylation is 1. The Morgan fingerprint density at radius 2 is 2.09 bits per heavy atom. The molecule has 0 aliphatic heterocycles. The fourth-order valence-corrected chi connectivity index (χ4v) is 3.12. The van der Waals surface area contributed by atoms with Crippen molar-refractivity contribution < 1.29 is 9.90 Å². The Labute approximate surface area is 136 Å². The third kappa shape index (κ3) is 3.51. The molecule has 2 aromatic rings. The van der Waals surface area contributed by atoms with E-state index in [-0.39, 0.29) is 18.7 Å². The van der Waals surface area contributed by atoms with Gasteiger partial charge in [0.25, 0.3) is 0 Å². The molecule has 1 aromatic heterocycles. The number of amides is 2. The summed E-state index contributed by atoms with van der Waals surface area (Å²) in [6.45, 7) is 0.593. The quantitative estimate of drug-likeness (QED) is 0.892. The molecule has 0 radical (unpaired) electrons. The second-order valence-corrected chi connectivity index (χ2v) is 5.67. The summed E-state index contributed by atoms with van der Waals surface area (Å²) in [5.74, 6) is 0.540. The zero-order chi connectivity index (χ0) is 16.1. The minimum atomic E-state index is -0.168. The number of rotatable bonds is 5. The van der Waals surface area contributed by atoms with Gasteiger partial charge in [-0.1, -0.05) is 30.3 Å². The molecule has 5 nitrogen and oxygen atoms in total. The van der Waals surface area contributed by atoms with Crippen LogP contribution in [0, 0.1) is 0 Å². The van der Waals surface area contributed by atoms with E-state index < -0.39 is 0 Å². The van der Waals surface area contributed by atoms with E-state index in [0.717, 1.165) is 12.8 Å². The lowest BCUT2D eigenvalue weighted by molar-refractivity contribution is 0.177. The first-order chi connectivity index (χ1) is 11.3. The topological polar surface area (TPSA) is 65.5 Å². The molecule has 0 saturated heterocycles. The number of carbonyl (C=O) groups is 1. The molecule has 0 fully saturated rings. The fraction of sp³-hybridized carbons (Fsp3) is 0.333. The lowest BCUT2D eigenvalue weighted by atomic mass is 10.1. The zero-order valence-corrected chi connectivity index (χ0v) is 13.0. The van der Waals surface area contributed by atoms with Crippen LogP contribution in [0.5, 0.6) is 0 Å². The Hall–Kier alpha value is -2.40. The highest BCUT2D eigenvalue weighted by Gasteiger charge is 2.30. The Morgan fingerprint density at radius 3 is 2.87 bits per heavy atom. The van der Waals surface area contributed by atoms with Gasteiger partial charge >= 0.3 is 6.03 Å². The SMILES string of the molecule is O=C(Nc1ccccn1)N(CCCO)[C@@H]1CCc2ccccc21. The number of nitrogens with zero attached hydrogens (tertiary/aromatic N) is 2. The van der Waals surface area contributed by atoms with E-state index in [9.17, 15) is 4.79 Å². The highest BCUT2D eigenvalue weighted by molar-refractivity contribution is 5.88. The van der Waals surface area contributed by atoms with Crippen LogP contribution < -0.4 is 5.32 Å². The number of carbonyl (C=O) groups excluding carboxylic acids is 1. The molecule has 1 aromatic carbocycles. The number of urea groups is 1. The van der Waals surface area contributed by atoms with Gasteiger partial charge in [0.05, 0.1) is 6.04 Å². The molecule has 2 N–H and O–H groups in total. The van der Waals surface area contributed by atoms with Crippen LogP contribution in [0.25, 0.3) is 0 Å². The maximum Gasteiger partial charge on any atom is 0.323 e. The average Bonchev–Trinajstić information content (AvgIpc) is 3.00. The largest absolute Gasteiger partial charge is 0.396 e. The van der Waals surface area contributed by atoms with Crippen molar-refractivity contribution in [3.8, 4) is 0 Å². The second kappa shape index (κ2) is 7.24. The van der Waals surface area contributed by atoms with Crippen molar-refractivity contribution in [3.05, 3.63) is 59.8 Å². The van der Waals surface area contributed by atoms with Crippen LogP contribution in [0.2, 0.25) is 0 Å². The number of anilines is 1. The third-order valence-corrected chi connectivity index (χ3v) is 4.20. The predicted octanol–water partition coefficient (Wildman–Crippen LogP) is 2.99. The number of aromatic nitrogens is 1. The molecular formula is C18H21N3O2. The average molecular weight is 311 g/mol. The molecule has 5 heteroatoms. The molecule has 3 rings (SSSR count). The standard InChI is InChI=1S/C18H21N3O2/c22-13-5-12-21(18(23)20-17-8-3-4-11-19-17)16-10-9-14-6-1-2-7-15(14)16/h1-4,6-8,11,16,22H,5,9-10,12-13H2,(H,19,20,23)/t16-/m1/s1. The maximum absolute atomic E-state index is 12.7. The van der Waals surface area contributed by atoms with Crippen molar-refractivity contribution in [1.29, 1.82) is 0 Å². The summed E-state index contributed by atoms with van der Waals surface area (Å²) in [6.07, 6.45) is 4.11. The van der Waals surface area contributed by atoms with Crippen molar-refractivity contribution in [2.24, 2.45) is 0 Å². The van der Waals surface area contributed by atoms with Gasteiger partial charge in [-0.05, 0) is 42.5 Å². The van der Waals surface area contributed by atoms with Crippen molar-refractivity contribution >= 4 is 11.8 Å². The summed E-state index contributed by atoms with van der Waals surface area (Å²) in [5, 5.41) is 12.0. The van der Waals surface area contributed by atoms with E-state index >= 15 is 0 Å². The molecule has 120 valence electrons. The Balaban J connectivity index is 1.79. The van der Waals surface area contributed by atoms with Crippen LogP contribution >= 0.6 is 0 Å². The third-order valence-electron chi connectivity index (χ3n) is 4.20. The Kier molecular flexibility index (Phi) is 4.88. The minimum Gasteiger partial charge on any atom is -0.396 e. The lowest BCUT2D eigenvalue weighted by Crippen LogP contribution is -2.38. The van der Waals surface area contributed by atoms with Gasteiger partial charge in [0.15, 0.2) is 0 Å². The molecule has 2 amide bonds. The second-order valence-electron chi connectivity index (χ2n) is 5.67. The normalized spacial score (nSPS) is 16.0. The number of hydrogen-bond donors (Lipinski definition) is 2. The number of pyridine rings is 1. The number of fused-ring (bicyclic) bond motifs is 1. The summed E-state index contributed by atoms with van der Waals surface area (Å²) >= 11 is 0. The molecule has 23 heavy (non-hydrogen) atoms. The predicted molar refractivity (Wildman–Crippen MR) is 89.2 cm³/mol. The van der Waals surface area contributed by atoms with Crippen LogP contribution in [0.4, 0.5) is 10.6 Å². The molecule has 1 heterocycles. The molecular weight excluding hydrogens is 290 g/mol. The lowest BCUT2D eigenvalue weighted by Gasteiger charge is -2.29. The van der Waals surface area contributed by atoms with Crippen molar-refractivity contribution in [1.82, 2.24) is 9.88 Å². The van der Waals surface area contributed by atoms with Gasteiger partial charge in [0.1, 0.15) is 5.82 Å². The molecule has 1 atom stereocenters. The van der Waals surface area contributed by atoms with E-state index in [2.05, 4.69) is 22.4 Å². The van der Waals surface area contributed by atoms with Gasteiger partial charge in [0.2, 0.25) is 0 Å². The van der Waals surface area contributed by atoms with Crippen LogP contribution in [-0.2, 0) is 6.42 Å².